The zero-order valence-corrected chi connectivity index (χ0v) is 10.7. The Bertz CT molecular complexity index is 645. The molecule has 0 N–H and O–H groups in total. The molecule has 1 heterocycles. The second-order valence-electron chi connectivity index (χ2n) is 4.91. The van der Waals surface area contributed by atoms with Crippen LogP contribution in [0.2, 0.25) is 0 Å². The lowest BCUT2D eigenvalue weighted by molar-refractivity contribution is 0.0931. The van der Waals surface area contributed by atoms with E-state index in [1.165, 1.54) is 6.26 Å². The third-order valence-corrected chi connectivity index (χ3v) is 3.66. The Hall–Kier alpha value is -2.52. The molecule has 1 aromatic heterocycles. The quantitative estimate of drug-likeness (QED) is 0.353. The van der Waals surface area contributed by atoms with E-state index >= 15 is 0 Å². The highest BCUT2D eigenvalue weighted by Crippen LogP contribution is 2.50. The molecule has 0 unspecified atom stereocenters. The maximum absolute atomic E-state index is 12.2. The van der Waals surface area contributed by atoms with Crippen molar-refractivity contribution in [1.82, 2.24) is 0 Å². The van der Waals surface area contributed by atoms with Crippen LogP contribution in [-0.2, 0) is 0 Å². The Morgan fingerprint density at radius 3 is 2.75 bits per heavy atom. The molecule has 0 aliphatic heterocycles. The lowest BCUT2D eigenvalue weighted by atomic mass is 10.0. The van der Waals surface area contributed by atoms with Crippen LogP contribution >= 0.6 is 0 Å². The van der Waals surface area contributed by atoms with Gasteiger partial charge in [-0.3, -0.25) is 4.79 Å². The van der Waals surface area contributed by atoms with E-state index in [1.54, 1.807) is 12.1 Å². The van der Waals surface area contributed by atoms with Crippen molar-refractivity contribution in [2.45, 2.75) is 12.5 Å². The molecule has 1 aromatic carbocycles. The first-order valence-corrected chi connectivity index (χ1v) is 6.48. The monoisotopic (exact) mass is 267 g/mol. The Balaban J connectivity index is 1.79. The molecule has 100 valence electrons. The van der Waals surface area contributed by atoms with Crippen molar-refractivity contribution in [1.29, 1.82) is 0 Å². The van der Waals surface area contributed by atoms with Gasteiger partial charge in [-0.05, 0) is 35.6 Å². The third-order valence-electron chi connectivity index (χ3n) is 3.66. The molecule has 5 nitrogen and oxygen atoms in total. The highest BCUT2D eigenvalue weighted by Gasteiger charge is 2.48. The maximum Gasteiger partial charge on any atom is 0.201 e. The fourth-order valence-electron chi connectivity index (χ4n) is 2.57. The summed E-state index contributed by atoms with van der Waals surface area (Å²) in [4.78, 5) is 15.1. The minimum atomic E-state index is -0.287. The summed E-state index contributed by atoms with van der Waals surface area (Å²) in [5.41, 5.74) is 9.69. The van der Waals surface area contributed by atoms with Gasteiger partial charge in [0.2, 0.25) is 5.78 Å². The summed E-state index contributed by atoms with van der Waals surface area (Å²) in [6.45, 7) is 0. The first-order valence-electron chi connectivity index (χ1n) is 6.48. The van der Waals surface area contributed by atoms with Gasteiger partial charge in [0, 0.05) is 10.8 Å². The van der Waals surface area contributed by atoms with Crippen LogP contribution in [0, 0.1) is 11.8 Å². The Labute approximate surface area is 115 Å². The molecule has 0 saturated heterocycles. The van der Waals surface area contributed by atoms with Gasteiger partial charge in [-0.25, -0.2) is 0 Å². The van der Waals surface area contributed by atoms with Crippen LogP contribution in [0.5, 0.6) is 0 Å². The number of Topliss-reactive ketones (excluding diaryl/α,β-unsaturated/α-hetero) is 1. The summed E-state index contributed by atoms with van der Waals surface area (Å²) in [5.74, 6) is 0.321. The lowest BCUT2D eigenvalue weighted by Crippen LogP contribution is -2.06. The predicted molar refractivity (Wildman–Crippen MR) is 73.0 cm³/mol. The van der Waals surface area contributed by atoms with Gasteiger partial charge in [-0.2, -0.15) is 0 Å². The van der Waals surface area contributed by atoms with Gasteiger partial charge in [0.25, 0.3) is 0 Å². The Kier molecular flexibility index (Phi) is 3.27. The molecule has 3 rings (SSSR count). The number of furan rings is 1. The summed E-state index contributed by atoms with van der Waals surface area (Å²) in [7, 11) is 0. The number of benzene rings is 1. The van der Waals surface area contributed by atoms with E-state index in [2.05, 4.69) is 10.0 Å². The molecule has 3 atom stereocenters. The third kappa shape index (κ3) is 2.31. The first kappa shape index (κ1) is 12.5. The van der Waals surface area contributed by atoms with E-state index in [1.807, 2.05) is 30.3 Å². The number of carbonyl (C=O) groups excluding carboxylic acids is 1. The SMILES string of the molecule is [N-]=[N+]=N[C@@H](c1ccccc1)[C@@H]1C[C@H]1C(=O)c1ccco1. The van der Waals surface area contributed by atoms with Crippen molar-refractivity contribution in [3.8, 4) is 0 Å². The topological polar surface area (TPSA) is 79.0 Å². The molecule has 1 fully saturated rings. The summed E-state index contributed by atoms with van der Waals surface area (Å²) in [5, 5.41) is 3.87. The lowest BCUT2D eigenvalue weighted by Gasteiger charge is -2.10. The molecule has 2 aromatic rings. The van der Waals surface area contributed by atoms with E-state index in [-0.39, 0.29) is 23.7 Å². The number of hydrogen-bond donors (Lipinski definition) is 0. The molecule has 0 amide bonds. The van der Waals surface area contributed by atoms with Gasteiger partial charge in [-0.1, -0.05) is 35.4 Å². The fourth-order valence-corrected chi connectivity index (χ4v) is 2.57. The van der Waals surface area contributed by atoms with Crippen molar-refractivity contribution in [3.05, 3.63) is 70.5 Å². The first-order chi connectivity index (χ1) is 9.81. The molecular formula is C15H13N3O2. The van der Waals surface area contributed by atoms with Crippen LogP contribution in [0.3, 0.4) is 0 Å². The summed E-state index contributed by atoms with van der Waals surface area (Å²) in [6, 6.07) is 12.6. The highest BCUT2D eigenvalue weighted by molar-refractivity contribution is 5.97. The van der Waals surface area contributed by atoms with Crippen LogP contribution in [0.25, 0.3) is 10.4 Å². The number of ketones is 1. The molecule has 0 radical (unpaired) electrons. The zero-order chi connectivity index (χ0) is 13.9. The van der Waals surface area contributed by atoms with E-state index in [0.29, 0.717) is 5.76 Å². The maximum atomic E-state index is 12.2. The molecular weight excluding hydrogens is 254 g/mol. The fraction of sp³-hybridized carbons (Fsp3) is 0.267. The van der Waals surface area contributed by atoms with Crippen LogP contribution < -0.4 is 0 Å². The van der Waals surface area contributed by atoms with Crippen molar-refractivity contribution in [2.24, 2.45) is 17.0 Å². The molecule has 0 bridgehead atoms. The highest BCUT2D eigenvalue weighted by atomic mass is 16.3. The molecule has 1 saturated carbocycles. The van der Waals surface area contributed by atoms with Crippen LogP contribution in [0.15, 0.2) is 58.3 Å². The largest absolute Gasteiger partial charge is 0.461 e. The summed E-state index contributed by atoms with van der Waals surface area (Å²) >= 11 is 0. The van der Waals surface area contributed by atoms with Crippen molar-refractivity contribution in [2.75, 3.05) is 0 Å². The average molecular weight is 267 g/mol. The van der Waals surface area contributed by atoms with Gasteiger partial charge < -0.3 is 4.42 Å². The number of nitrogens with zero attached hydrogens (tertiary/aromatic N) is 3. The van der Waals surface area contributed by atoms with Crippen molar-refractivity contribution in [3.63, 3.8) is 0 Å². The molecule has 5 heteroatoms. The second kappa shape index (κ2) is 5.23. The Morgan fingerprint density at radius 2 is 2.10 bits per heavy atom. The standard InChI is InChI=1S/C15H13N3O2/c16-18-17-14(10-5-2-1-3-6-10)11-9-12(11)15(19)13-7-4-8-20-13/h1-8,11-12,14H,9H2/t11-,12-,14+/m1/s1. The smallest absolute Gasteiger partial charge is 0.201 e. The van der Waals surface area contributed by atoms with Crippen LogP contribution in [0.4, 0.5) is 0 Å². The van der Waals surface area contributed by atoms with E-state index in [0.717, 1.165) is 12.0 Å². The molecule has 20 heavy (non-hydrogen) atoms. The normalized spacial score (nSPS) is 21.8. The van der Waals surface area contributed by atoms with Crippen molar-refractivity contribution >= 4 is 5.78 Å². The van der Waals surface area contributed by atoms with E-state index < -0.39 is 0 Å². The van der Waals surface area contributed by atoms with E-state index in [9.17, 15) is 4.79 Å². The number of rotatable bonds is 5. The summed E-state index contributed by atoms with van der Waals surface area (Å²) in [6.07, 6.45) is 2.23. The molecule has 1 aliphatic rings. The number of hydrogen-bond acceptors (Lipinski definition) is 3. The van der Waals surface area contributed by atoms with Gasteiger partial charge in [-0.15, -0.1) is 0 Å². The van der Waals surface area contributed by atoms with Gasteiger partial charge in [0.05, 0.1) is 12.3 Å². The Morgan fingerprint density at radius 1 is 1.30 bits per heavy atom. The van der Waals surface area contributed by atoms with Crippen LogP contribution in [0.1, 0.15) is 28.6 Å². The van der Waals surface area contributed by atoms with Gasteiger partial charge in [0.15, 0.2) is 5.76 Å². The van der Waals surface area contributed by atoms with Gasteiger partial charge in [0.1, 0.15) is 0 Å². The van der Waals surface area contributed by atoms with Gasteiger partial charge >= 0.3 is 0 Å². The predicted octanol–water partition coefficient (Wildman–Crippen LogP) is 4.15. The molecule has 0 spiro atoms. The average Bonchev–Trinajstić information content (AvgIpc) is 3.07. The minimum Gasteiger partial charge on any atom is -0.461 e. The van der Waals surface area contributed by atoms with E-state index in [4.69, 9.17) is 9.95 Å². The van der Waals surface area contributed by atoms with Crippen LogP contribution in [-0.4, -0.2) is 5.78 Å². The number of azide groups is 1. The second-order valence-corrected chi connectivity index (χ2v) is 4.91. The zero-order valence-electron chi connectivity index (χ0n) is 10.7. The minimum absolute atomic E-state index is 0.00549. The summed E-state index contributed by atoms with van der Waals surface area (Å²) < 4.78 is 5.14. The molecule has 1 aliphatic carbocycles. The van der Waals surface area contributed by atoms with Crippen molar-refractivity contribution < 1.29 is 9.21 Å². The number of carbonyl (C=O) groups is 1.